The number of aliphatic hydroxyl groups is 1. The number of aliphatic hydroxyl groups excluding tert-OH is 1. The number of aromatic nitrogens is 4. The van der Waals surface area contributed by atoms with Crippen molar-refractivity contribution in [2.45, 2.75) is 19.6 Å². The first-order chi connectivity index (χ1) is 34.5. The first-order valence-corrected chi connectivity index (χ1v) is 26.3. The fourth-order valence-corrected chi connectivity index (χ4v) is 10.3. The van der Waals surface area contributed by atoms with Crippen LogP contribution in [-0.2, 0) is 54.6 Å². The Labute approximate surface area is 416 Å². The quantitative estimate of drug-likeness (QED) is 0.0388. The van der Waals surface area contributed by atoms with E-state index in [-0.39, 0.29) is 78.4 Å². The van der Waals surface area contributed by atoms with Gasteiger partial charge < -0.3 is 50.8 Å². The summed E-state index contributed by atoms with van der Waals surface area (Å²) < 4.78 is 138. The van der Waals surface area contributed by atoms with Crippen molar-refractivity contribution >= 4 is 126 Å². The number of carbonyl (C=O) groups excluding carboxylic acids is 4. The smallest absolute Gasteiger partial charge is 0.295 e. The summed E-state index contributed by atoms with van der Waals surface area (Å²) in [7, 11) is -16.9. The number of amidine groups is 1. The van der Waals surface area contributed by atoms with Gasteiger partial charge in [0, 0.05) is 49.7 Å². The molecule has 384 valence electrons. The number of benzene rings is 4. The highest BCUT2D eigenvalue weighted by molar-refractivity contribution is 7.87. The summed E-state index contributed by atoms with van der Waals surface area (Å²) in [4.78, 5) is 59.1. The molecule has 27 nitrogen and oxygen atoms in total. The van der Waals surface area contributed by atoms with E-state index in [1.165, 1.54) is 109 Å². The zero-order valence-corrected chi connectivity index (χ0v) is 40.8. The molecule has 0 aliphatic heterocycles. The van der Waals surface area contributed by atoms with Crippen LogP contribution in [0, 0.1) is 0 Å². The second kappa shape index (κ2) is 19.1. The van der Waals surface area contributed by atoms with E-state index < -0.39 is 89.7 Å². The predicted octanol–water partition coefficient (Wildman–Crippen LogP) is 4.98. The van der Waals surface area contributed by atoms with E-state index in [4.69, 9.17) is 0 Å². The molecule has 0 saturated heterocycles. The number of H-pyrrole nitrogens is 2. The van der Waals surface area contributed by atoms with Crippen LogP contribution >= 0.6 is 0 Å². The van der Waals surface area contributed by atoms with Crippen molar-refractivity contribution < 1.29 is 76.2 Å². The van der Waals surface area contributed by atoms with Crippen molar-refractivity contribution in [1.82, 2.24) is 19.1 Å². The summed E-state index contributed by atoms with van der Waals surface area (Å²) in [5, 5.41) is 22.8. The SMILES string of the molecule is Cn1cc(N=C(O)Nc2cc(C(=O)Nc3c[nH]c(C(=O)Nc4cccc5cc(S(=O)(=O)O)cc(S(=O)(=O)O)c45)c3)n(C)c2)cc1C(=O)Nc1c[nH]c(C(=O)Nc2cccc3cc(S(=O)(=O)O)cc(S(=O)(=O)O)c23)c1. The zero-order valence-electron chi connectivity index (χ0n) is 37.5. The van der Waals surface area contributed by atoms with E-state index in [1.54, 1.807) is 0 Å². The van der Waals surface area contributed by atoms with Crippen molar-refractivity contribution in [2.24, 2.45) is 19.1 Å². The highest BCUT2D eigenvalue weighted by atomic mass is 32.2. The molecular formula is C43H36N10O17S4. The largest absolute Gasteiger partial charge is 0.480 e. The Morgan fingerprint density at radius 2 is 0.932 bits per heavy atom. The number of carbonyl (C=O) groups is 4. The Morgan fingerprint density at radius 3 is 1.36 bits per heavy atom. The summed E-state index contributed by atoms with van der Waals surface area (Å²) >= 11 is 0. The predicted molar refractivity (Wildman–Crippen MR) is 265 cm³/mol. The molecule has 0 saturated carbocycles. The molecular weight excluding hydrogens is 1060 g/mol. The van der Waals surface area contributed by atoms with E-state index in [0.717, 1.165) is 12.1 Å². The molecule has 0 aliphatic rings. The van der Waals surface area contributed by atoms with Gasteiger partial charge >= 0.3 is 0 Å². The Hall–Kier alpha value is -8.69. The van der Waals surface area contributed by atoms with Gasteiger partial charge in [-0.25, -0.2) is 0 Å². The summed E-state index contributed by atoms with van der Waals surface area (Å²) in [6.07, 6.45) is 5.40. The number of nitrogens with zero attached hydrogens (tertiary/aromatic N) is 3. The molecule has 4 amide bonds. The number of aryl methyl sites for hydroxylation is 2. The summed E-state index contributed by atoms with van der Waals surface area (Å²) in [5.41, 5.74) is 0.0716. The Balaban J connectivity index is 0.893. The number of hydrogen-bond acceptors (Lipinski definition) is 13. The molecule has 0 spiro atoms. The van der Waals surface area contributed by atoms with Gasteiger partial charge in [0.2, 0.25) is 0 Å². The lowest BCUT2D eigenvalue weighted by molar-refractivity contribution is 0.101. The Bertz CT molecular complexity index is 4200. The fourth-order valence-electron chi connectivity index (χ4n) is 7.57. The molecule has 8 aromatic rings. The molecule has 4 aromatic carbocycles. The summed E-state index contributed by atoms with van der Waals surface area (Å²) in [5.74, 6) is -3.03. The molecule has 0 bridgehead atoms. The minimum atomic E-state index is -5.08. The first kappa shape index (κ1) is 51.7. The molecule has 0 aliphatic carbocycles. The normalized spacial score (nSPS) is 12.4. The van der Waals surface area contributed by atoms with Gasteiger partial charge in [0.1, 0.15) is 32.6 Å². The maximum atomic E-state index is 13.3. The van der Waals surface area contributed by atoms with E-state index in [9.17, 15) is 76.2 Å². The highest BCUT2D eigenvalue weighted by Crippen LogP contribution is 2.35. The van der Waals surface area contributed by atoms with Crippen LogP contribution in [0.2, 0.25) is 0 Å². The van der Waals surface area contributed by atoms with Crippen molar-refractivity contribution in [2.75, 3.05) is 26.6 Å². The number of aliphatic imine (C=N–C) groups is 1. The molecule has 0 radical (unpaired) electrons. The van der Waals surface area contributed by atoms with Crippen LogP contribution in [0.25, 0.3) is 21.5 Å². The van der Waals surface area contributed by atoms with Crippen LogP contribution < -0.4 is 26.6 Å². The molecule has 4 aromatic heterocycles. The second-order valence-corrected chi connectivity index (χ2v) is 21.6. The molecule has 4 heterocycles. The molecule has 12 N–H and O–H groups in total. The van der Waals surface area contributed by atoms with Gasteiger partial charge in [0.15, 0.2) is 0 Å². The third-order valence-electron chi connectivity index (χ3n) is 10.8. The highest BCUT2D eigenvalue weighted by Gasteiger charge is 2.26. The van der Waals surface area contributed by atoms with Gasteiger partial charge in [-0.2, -0.15) is 38.7 Å². The maximum absolute atomic E-state index is 13.3. The standard InChI is InChI=1S/C43H36N10O17S4/c1-52-19-25(13-33(52)41(56)46-23-11-31(44-17-23)39(54)50-29-7-3-5-21-9-27(71(59,60)61)15-35(37(21)29)73(65,66)67)48-43(58)49-26-14-34(53(2)20-26)42(57)47-24-12-32(45-18-24)40(55)51-30-8-4-6-22-10-28(72(62,63)64)16-36(38(22)30)74(68,69)70/h3-20,44-45H,1-2H3,(H,46,56)(H,47,57)(H,50,54)(H,51,55)(H2,48,49,58)(H,59,60,61)(H,62,63,64)(H,65,66,67)(H,68,69,70). The molecule has 74 heavy (non-hydrogen) atoms. The molecule has 31 heteroatoms. The van der Waals surface area contributed by atoms with Crippen molar-refractivity contribution in [3.63, 3.8) is 0 Å². The van der Waals surface area contributed by atoms with E-state index >= 15 is 0 Å². The summed E-state index contributed by atoms with van der Waals surface area (Å²) in [6, 6.07) is 15.4. The maximum Gasteiger partial charge on any atom is 0.295 e. The number of hydrogen-bond donors (Lipinski definition) is 12. The van der Waals surface area contributed by atoms with Gasteiger partial charge in [-0.05, 0) is 71.4 Å². The lowest BCUT2D eigenvalue weighted by Crippen LogP contribution is -2.15. The van der Waals surface area contributed by atoms with Crippen molar-refractivity contribution in [3.8, 4) is 0 Å². The lowest BCUT2D eigenvalue weighted by atomic mass is 10.1. The van der Waals surface area contributed by atoms with Crippen LogP contribution in [0.4, 0.5) is 34.1 Å². The minimum Gasteiger partial charge on any atom is -0.480 e. The monoisotopic (exact) mass is 1090 g/mol. The average Bonchev–Trinajstić information content (AvgIpc) is 4.12. The number of aromatic amines is 2. The lowest BCUT2D eigenvalue weighted by Gasteiger charge is -2.12. The third-order valence-corrected chi connectivity index (χ3v) is 14.2. The minimum absolute atomic E-state index is 0.0438. The van der Waals surface area contributed by atoms with E-state index in [1.807, 2.05) is 0 Å². The van der Waals surface area contributed by atoms with Crippen molar-refractivity contribution in [1.29, 1.82) is 0 Å². The third kappa shape index (κ3) is 11.0. The second-order valence-electron chi connectivity index (χ2n) is 16.0. The molecule has 8 rings (SSSR count). The first-order valence-electron chi connectivity index (χ1n) is 20.6. The van der Waals surface area contributed by atoms with Gasteiger partial charge in [0.05, 0.1) is 43.9 Å². The van der Waals surface area contributed by atoms with Crippen LogP contribution in [0.3, 0.4) is 0 Å². The van der Waals surface area contributed by atoms with Crippen molar-refractivity contribution in [3.05, 3.63) is 132 Å². The molecule has 0 fully saturated rings. The van der Waals surface area contributed by atoms with Gasteiger partial charge in [-0.15, -0.1) is 0 Å². The van der Waals surface area contributed by atoms with E-state index in [2.05, 4.69) is 41.5 Å². The van der Waals surface area contributed by atoms with E-state index in [0.29, 0.717) is 12.1 Å². The number of rotatable bonds is 14. The molecule has 0 unspecified atom stereocenters. The van der Waals surface area contributed by atoms with Crippen LogP contribution in [-0.4, -0.2) is 106 Å². The Kier molecular flexibility index (Phi) is 13.3. The van der Waals surface area contributed by atoms with Gasteiger partial charge in [0.25, 0.3) is 70.1 Å². The topological polar surface area (TPSA) is 420 Å². The summed E-state index contributed by atoms with van der Waals surface area (Å²) in [6.45, 7) is 0. The van der Waals surface area contributed by atoms with Gasteiger partial charge in [-0.3, -0.25) is 37.4 Å². The van der Waals surface area contributed by atoms with Gasteiger partial charge in [-0.1, -0.05) is 24.3 Å². The number of amides is 4. The Morgan fingerprint density at radius 1 is 0.500 bits per heavy atom. The molecule has 0 atom stereocenters. The zero-order chi connectivity index (χ0) is 53.8. The number of anilines is 5. The van der Waals surface area contributed by atoms with Crippen LogP contribution in [0.15, 0.2) is 134 Å². The number of fused-ring (bicyclic) bond motifs is 2. The number of nitrogens with one attached hydrogen (secondary N) is 7. The van der Waals surface area contributed by atoms with Crippen LogP contribution in [0.1, 0.15) is 42.0 Å². The average molecular weight is 1090 g/mol. The van der Waals surface area contributed by atoms with Crippen LogP contribution in [0.5, 0.6) is 0 Å². The fraction of sp³-hybridized carbons (Fsp3) is 0.0465.